The first-order valence-electron chi connectivity index (χ1n) is 9.80. The molecule has 0 saturated heterocycles. The third-order valence-corrected chi connectivity index (χ3v) is 4.74. The Morgan fingerprint density at radius 1 is 1.22 bits per heavy atom. The summed E-state index contributed by atoms with van der Waals surface area (Å²) in [4.78, 5) is 14.4. The first-order chi connectivity index (χ1) is 12.8. The average Bonchev–Trinajstić information content (AvgIpc) is 2.87. The smallest absolute Gasteiger partial charge is 0.222 e. The average molecular weight is 372 g/mol. The summed E-state index contributed by atoms with van der Waals surface area (Å²) < 4.78 is 7.53. The number of nitrogens with zero attached hydrogens (tertiary/aromatic N) is 3. The molecule has 1 aromatic heterocycles. The van der Waals surface area contributed by atoms with Crippen LogP contribution in [0.4, 0.5) is 0 Å². The SMILES string of the molecule is CCOc1ccc(CN(C)C(=O)CCc2c(C)nn(CC(C)C)c2C)cc1. The van der Waals surface area contributed by atoms with Crippen molar-refractivity contribution in [3.8, 4) is 5.75 Å². The number of benzene rings is 1. The lowest BCUT2D eigenvalue weighted by molar-refractivity contribution is -0.130. The molecule has 0 radical (unpaired) electrons. The summed E-state index contributed by atoms with van der Waals surface area (Å²) in [6.07, 6.45) is 1.24. The number of aryl methyl sites for hydroxylation is 1. The van der Waals surface area contributed by atoms with Gasteiger partial charge in [0, 0.05) is 32.3 Å². The van der Waals surface area contributed by atoms with E-state index in [9.17, 15) is 4.79 Å². The molecule has 0 spiro atoms. The van der Waals surface area contributed by atoms with Crippen LogP contribution in [0, 0.1) is 19.8 Å². The second kappa shape index (κ2) is 9.58. The van der Waals surface area contributed by atoms with E-state index < -0.39 is 0 Å². The van der Waals surface area contributed by atoms with E-state index >= 15 is 0 Å². The van der Waals surface area contributed by atoms with E-state index in [2.05, 4.69) is 30.6 Å². The summed E-state index contributed by atoms with van der Waals surface area (Å²) in [6.45, 7) is 12.7. The van der Waals surface area contributed by atoms with E-state index in [0.717, 1.165) is 30.0 Å². The summed E-state index contributed by atoms with van der Waals surface area (Å²) in [7, 11) is 1.86. The Bertz CT molecular complexity index is 748. The minimum atomic E-state index is 0.152. The molecule has 1 aromatic carbocycles. The molecule has 0 atom stereocenters. The highest BCUT2D eigenvalue weighted by molar-refractivity contribution is 5.76. The van der Waals surface area contributed by atoms with E-state index in [1.165, 1.54) is 11.3 Å². The van der Waals surface area contributed by atoms with Crippen LogP contribution >= 0.6 is 0 Å². The molecule has 0 unspecified atom stereocenters. The van der Waals surface area contributed by atoms with Gasteiger partial charge in [-0.15, -0.1) is 0 Å². The van der Waals surface area contributed by atoms with Crippen molar-refractivity contribution in [1.29, 1.82) is 0 Å². The lowest BCUT2D eigenvalue weighted by Crippen LogP contribution is -2.26. The molecule has 5 nitrogen and oxygen atoms in total. The van der Waals surface area contributed by atoms with Gasteiger partial charge in [-0.1, -0.05) is 26.0 Å². The number of carbonyl (C=O) groups is 1. The number of aromatic nitrogens is 2. The Labute approximate surface area is 163 Å². The van der Waals surface area contributed by atoms with Gasteiger partial charge in [0.2, 0.25) is 5.91 Å². The van der Waals surface area contributed by atoms with Gasteiger partial charge >= 0.3 is 0 Å². The van der Waals surface area contributed by atoms with Crippen molar-refractivity contribution in [2.45, 2.75) is 60.5 Å². The predicted octanol–water partition coefficient (Wildman–Crippen LogP) is 4.15. The number of hydrogen-bond donors (Lipinski definition) is 0. The molecule has 148 valence electrons. The summed E-state index contributed by atoms with van der Waals surface area (Å²) in [5.41, 5.74) is 4.53. The second-order valence-corrected chi connectivity index (χ2v) is 7.55. The predicted molar refractivity (Wildman–Crippen MR) is 109 cm³/mol. The molecule has 2 aromatic rings. The van der Waals surface area contributed by atoms with Gasteiger partial charge in [0.25, 0.3) is 0 Å². The van der Waals surface area contributed by atoms with E-state index in [-0.39, 0.29) is 5.91 Å². The van der Waals surface area contributed by atoms with Crippen LogP contribution < -0.4 is 4.74 Å². The Balaban J connectivity index is 1.92. The topological polar surface area (TPSA) is 47.4 Å². The van der Waals surface area contributed by atoms with Gasteiger partial charge in [-0.2, -0.15) is 5.10 Å². The molecule has 0 fully saturated rings. The zero-order valence-electron chi connectivity index (χ0n) is 17.6. The van der Waals surface area contributed by atoms with E-state index in [1.807, 2.05) is 45.2 Å². The van der Waals surface area contributed by atoms with Gasteiger partial charge in [-0.25, -0.2) is 0 Å². The molecule has 5 heteroatoms. The standard InChI is InChI=1S/C22H33N3O2/c1-7-27-20-10-8-19(9-11-20)15-24(6)22(26)13-12-21-17(4)23-25(18(21)5)14-16(2)3/h8-11,16H,7,12-15H2,1-6H3. The van der Waals surface area contributed by atoms with Gasteiger partial charge in [-0.05, 0) is 56.4 Å². The van der Waals surface area contributed by atoms with Crippen molar-refractivity contribution < 1.29 is 9.53 Å². The molecule has 0 aliphatic carbocycles. The summed E-state index contributed by atoms with van der Waals surface area (Å²) >= 11 is 0. The van der Waals surface area contributed by atoms with Gasteiger partial charge in [0.05, 0.1) is 12.3 Å². The van der Waals surface area contributed by atoms with Crippen molar-refractivity contribution in [2.75, 3.05) is 13.7 Å². The molecule has 2 rings (SSSR count). The fourth-order valence-corrected chi connectivity index (χ4v) is 3.26. The highest BCUT2D eigenvalue weighted by Crippen LogP contribution is 2.18. The maximum Gasteiger partial charge on any atom is 0.222 e. The summed E-state index contributed by atoms with van der Waals surface area (Å²) in [5.74, 6) is 1.57. The molecule has 27 heavy (non-hydrogen) atoms. The van der Waals surface area contributed by atoms with Crippen molar-refractivity contribution in [3.63, 3.8) is 0 Å². The zero-order chi connectivity index (χ0) is 20.0. The number of rotatable bonds is 9. The van der Waals surface area contributed by atoms with Gasteiger partial charge < -0.3 is 9.64 Å². The highest BCUT2D eigenvalue weighted by Gasteiger charge is 2.15. The van der Waals surface area contributed by atoms with Crippen LogP contribution in [0.1, 0.15) is 49.7 Å². The third kappa shape index (κ3) is 5.84. The molecular formula is C22H33N3O2. The minimum absolute atomic E-state index is 0.152. The molecule has 1 heterocycles. The Morgan fingerprint density at radius 3 is 2.48 bits per heavy atom. The van der Waals surface area contributed by atoms with Crippen LogP contribution in [-0.4, -0.2) is 34.2 Å². The largest absolute Gasteiger partial charge is 0.494 e. The number of carbonyl (C=O) groups excluding carboxylic acids is 1. The first kappa shape index (κ1) is 21.0. The zero-order valence-corrected chi connectivity index (χ0v) is 17.6. The number of amides is 1. The normalized spacial score (nSPS) is 11.1. The van der Waals surface area contributed by atoms with Gasteiger partial charge in [0.15, 0.2) is 0 Å². The molecule has 0 aliphatic heterocycles. The van der Waals surface area contributed by atoms with Gasteiger partial charge in [0.1, 0.15) is 5.75 Å². The number of hydrogen-bond acceptors (Lipinski definition) is 3. The number of ether oxygens (including phenoxy) is 1. The molecular weight excluding hydrogens is 338 g/mol. The minimum Gasteiger partial charge on any atom is -0.494 e. The van der Waals surface area contributed by atoms with Crippen LogP contribution in [0.25, 0.3) is 0 Å². The maximum absolute atomic E-state index is 12.6. The van der Waals surface area contributed by atoms with E-state index in [0.29, 0.717) is 25.5 Å². The van der Waals surface area contributed by atoms with Crippen LogP contribution in [0.5, 0.6) is 5.75 Å². The van der Waals surface area contributed by atoms with Crippen molar-refractivity contribution in [2.24, 2.45) is 5.92 Å². The van der Waals surface area contributed by atoms with Crippen molar-refractivity contribution >= 4 is 5.91 Å². The molecule has 0 saturated carbocycles. The Kier molecular flexibility index (Phi) is 7.45. The van der Waals surface area contributed by atoms with Crippen LogP contribution in [0.15, 0.2) is 24.3 Å². The monoisotopic (exact) mass is 371 g/mol. The third-order valence-electron chi connectivity index (χ3n) is 4.74. The lowest BCUT2D eigenvalue weighted by atomic mass is 10.1. The lowest BCUT2D eigenvalue weighted by Gasteiger charge is -2.17. The molecule has 1 amide bonds. The van der Waals surface area contributed by atoms with Crippen molar-refractivity contribution in [1.82, 2.24) is 14.7 Å². The Hall–Kier alpha value is -2.30. The molecule has 0 bridgehead atoms. The molecule has 0 aliphatic rings. The van der Waals surface area contributed by atoms with Crippen LogP contribution in [0.3, 0.4) is 0 Å². The van der Waals surface area contributed by atoms with Crippen molar-refractivity contribution in [3.05, 3.63) is 46.8 Å². The maximum atomic E-state index is 12.6. The first-order valence-corrected chi connectivity index (χ1v) is 9.80. The fraction of sp³-hybridized carbons (Fsp3) is 0.545. The fourth-order valence-electron chi connectivity index (χ4n) is 3.26. The Morgan fingerprint density at radius 2 is 1.89 bits per heavy atom. The van der Waals surface area contributed by atoms with Gasteiger partial charge in [-0.3, -0.25) is 9.48 Å². The van der Waals surface area contributed by atoms with E-state index in [4.69, 9.17) is 4.74 Å². The molecule has 0 N–H and O–H groups in total. The van der Waals surface area contributed by atoms with Crippen LogP contribution in [0.2, 0.25) is 0 Å². The van der Waals surface area contributed by atoms with E-state index in [1.54, 1.807) is 4.90 Å². The second-order valence-electron chi connectivity index (χ2n) is 7.55. The van der Waals surface area contributed by atoms with Crippen LogP contribution in [-0.2, 0) is 24.3 Å². The quantitative estimate of drug-likeness (QED) is 0.665. The summed E-state index contributed by atoms with van der Waals surface area (Å²) in [6, 6.07) is 7.93. The summed E-state index contributed by atoms with van der Waals surface area (Å²) in [5, 5.41) is 4.64. The highest BCUT2D eigenvalue weighted by atomic mass is 16.5.